The molecule has 0 atom stereocenters. The number of sulfone groups is 1. The summed E-state index contributed by atoms with van der Waals surface area (Å²) in [5.41, 5.74) is 0.164. The lowest BCUT2D eigenvalue weighted by atomic mass is 10.2. The SMILES string of the molecule is N#Cc1cccc(S(=O)(=O)CCOCC(F)(F)F)c1. The van der Waals surface area contributed by atoms with Crippen molar-refractivity contribution in [3.63, 3.8) is 0 Å². The quantitative estimate of drug-likeness (QED) is 0.778. The Morgan fingerprint density at radius 2 is 2.00 bits per heavy atom. The molecule has 1 aromatic rings. The summed E-state index contributed by atoms with van der Waals surface area (Å²) in [5, 5.41) is 8.64. The molecular weight excluding hydrogens is 283 g/mol. The summed E-state index contributed by atoms with van der Waals surface area (Å²) in [6.07, 6.45) is -4.48. The lowest BCUT2D eigenvalue weighted by Crippen LogP contribution is -2.20. The van der Waals surface area contributed by atoms with E-state index in [2.05, 4.69) is 4.74 Å². The van der Waals surface area contributed by atoms with Crippen LogP contribution in [0.1, 0.15) is 5.56 Å². The molecule has 4 nitrogen and oxygen atoms in total. The fraction of sp³-hybridized carbons (Fsp3) is 0.364. The molecule has 0 aliphatic rings. The molecule has 0 N–H and O–H groups in total. The van der Waals surface area contributed by atoms with E-state index in [1.807, 2.05) is 0 Å². The van der Waals surface area contributed by atoms with Gasteiger partial charge in [-0.3, -0.25) is 0 Å². The van der Waals surface area contributed by atoms with Gasteiger partial charge >= 0.3 is 6.18 Å². The molecule has 8 heteroatoms. The predicted octanol–water partition coefficient (Wildman–Crippen LogP) is 1.91. The lowest BCUT2D eigenvalue weighted by molar-refractivity contribution is -0.172. The van der Waals surface area contributed by atoms with E-state index in [0.717, 1.165) is 0 Å². The van der Waals surface area contributed by atoms with E-state index in [1.54, 1.807) is 6.07 Å². The van der Waals surface area contributed by atoms with E-state index >= 15 is 0 Å². The second-order valence-electron chi connectivity index (χ2n) is 3.63. The Morgan fingerprint density at radius 1 is 1.32 bits per heavy atom. The van der Waals surface area contributed by atoms with Crippen LogP contribution < -0.4 is 0 Å². The first-order valence-corrected chi connectivity index (χ1v) is 6.77. The number of rotatable bonds is 5. The zero-order valence-corrected chi connectivity index (χ0v) is 10.5. The van der Waals surface area contributed by atoms with Gasteiger partial charge in [0.2, 0.25) is 0 Å². The first kappa shape index (κ1) is 15.5. The molecule has 0 saturated carbocycles. The maximum Gasteiger partial charge on any atom is 0.411 e. The minimum atomic E-state index is -4.48. The number of hydrogen-bond donors (Lipinski definition) is 0. The molecule has 0 aliphatic carbocycles. The number of ether oxygens (including phenoxy) is 1. The van der Waals surface area contributed by atoms with Crippen LogP contribution in [0.5, 0.6) is 0 Å². The third-order valence-electron chi connectivity index (χ3n) is 2.08. The molecule has 0 bridgehead atoms. The Labute approximate surface area is 108 Å². The normalized spacial score (nSPS) is 12.1. The molecule has 1 rings (SSSR count). The van der Waals surface area contributed by atoms with Crippen LogP contribution in [0.2, 0.25) is 0 Å². The van der Waals surface area contributed by atoms with Crippen LogP contribution in [-0.2, 0) is 14.6 Å². The summed E-state index contributed by atoms with van der Waals surface area (Å²) in [6.45, 7) is -2.04. The third-order valence-corrected chi connectivity index (χ3v) is 3.76. The van der Waals surface area contributed by atoms with Gasteiger partial charge in [-0.1, -0.05) is 6.07 Å². The maximum atomic E-state index is 11.8. The fourth-order valence-corrected chi connectivity index (χ4v) is 2.40. The number of nitrogens with zero attached hydrogens (tertiary/aromatic N) is 1. The summed E-state index contributed by atoms with van der Waals surface area (Å²) in [7, 11) is -3.75. The van der Waals surface area contributed by atoms with Crippen LogP contribution in [0, 0.1) is 11.3 Å². The van der Waals surface area contributed by atoms with Gasteiger partial charge < -0.3 is 4.74 Å². The average Bonchev–Trinajstić information content (AvgIpc) is 2.34. The highest BCUT2D eigenvalue weighted by atomic mass is 32.2. The van der Waals surface area contributed by atoms with Crippen molar-refractivity contribution in [2.45, 2.75) is 11.1 Å². The van der Waals surface area contributed by atoms with Crippen molar-refractivity contribution < 1.29 is 26.3 Å². The minimum Gasteiger partial charge on any atom is -0.371 e. The first-order valence-electron chi connectivity index (χ1n) is 5.12. The van der Waals surface area contributed by atoms with Gasteiger partial charge in [0.25, 0.3) is 0 Å². The number of benzene rings is 1. The molecule has 0 spiro atoms. The van der Waals surface area contributed by atoms with Crippen LogP contribution in [0.15, 0.2) is 29.2 Å². The summed E-state index contributed by atoms with van der Waals surface area (Å²) < 4.78 is 63.1. The largest absolute Gasteiger partial charge is 0.411 e. The van der Waals surface area contributed by atoms with Crippen LogP contribution >= 0.6 is 0 Å². The number of halogens is 3. The second kappa shape index (κ2) is 6.04. The Morgan fingerprint density at radius 3 is 2.58 bits per heavy atom. The van der Waals surface area contributed by atoms with Crippen LogP contribution in [0.3, 0.4) is 0 Å². The highest BCUT2D eigenvalue weighted by Gasteiger charge is 2.27. The highest BCUT2D eigenvalue weighted by molar-refractivity contribution is 7.91. The molecule has 19 heavy (non-hydrogen) atoms. The number of alkyl halides is 3. The van der Waals surface area contributed by atoms with E-state index in [-0.39, 0.29) is 10.5 Å². The van der Waals surface area contributed by atoms with E-state index in [9.17, 15) is 21.6 Å². The highest BCUT2D eigenvalue weighted by Crippen LogP contribution is 2.16. The van der Waals surface area contributed by atoms with Gasteiger partial charge in [-0.05, 0) is 18.2 Å². The van der Waals surface area contributed by atoms with Crippen molar-refractivity contribution in [3.8, 4) is 6.07 Å². The van der Waals surface area contributed by atoms with Crippen molar-refractivity contribution in [1.29, 1.82) is 5.26 Å². The predicted molar refractivity (Wildman–Crippen MR) is 60.1 cm³/mol. The molecule has 0 heterocycles. The van der Waals surface area contributed by atoms with Crippen LogP contribution in [0.25, 0.3) is 0 Å². The van der Waals surface area contributed by atoms with E-state index in [1.165, 1.54) is 24.3 Å². The third kappa shape index (κ3) is 5.28. The molecule has 104 valence electrons. The van der Waals surface area contributed by atoms with Crippen molar-refractivity contribution in [2.24, 2.45) is 0 Å². The standard InChI is InChI=1S/C11H10F3NO3S/c12-11(13,14)8-18-4-5-19(16,17)10-3-1-2-9(6-10)7-15/h1-3,6H,4-5,8H2. The molecule has 0 saturated heterocycles. The molecule has 0 aromatic heterocycles. The van der Waals surface area contributed by atoms with Crippen molar-refractivity contribution in [3.05, 3.63) is 29.8 Å². The Bertz CT molecular complexity index is 576. The topological polar surface area (TPSA) is 67.2 Å². The monoisotopic (exact) mass is 293 g/mol. The smallest absolute Gasteiger partial charge is 0.371 e. The second-order valence-corrected chi connectivity index (χ2v) is 5.74. The summed E-state index contributed by atoms with van der Waals surface area (Å²) >= 11 is 0. The Kier molecular flexibility index (Phi) is 4.91. The lowest BCUT2D eigenvalue weighted by Gasteiger charge is -2.08. The van der Waals surface area contributed by atoms with Crippen LogP contribution in [-0.4, -0.2) is 33.6 Å². The molecule has 0 unspecified atom stereocenters. The van der Waals surface area contributed by atoms with Crippen molar-refractivity contribution in [1.82, 2.24) is 0 Å². The van der Waals surface area contributed by atoms with Gasteiger partial charge in [-0.15, -0.1) is 0 Å². The minimum absolute atomic E-state index is 0.109. The maximum absolute atomic E-state index is 11.8. The summed E-state index contributed by atoms with van der Waals surface area (Å²) in [6, 6.07) is 7.05. The molecule has 0 radical (unpaired) electrons. The first-order chi connectivity index (χ1) is 8.74. The Hall–Kier alpha value is -1.59. The summed E-state index contributed by atoms with van der Waals surface area (Å²) in [4.78, 5) is -0.109. The van der Waals surface area contributed by atoms with Gasteiger partial charge in [-0.25, -0.2) is 8.42 Å². The number of nitriles is 1. The number of hydrogen-bond acceptors (Lipinski definition) is 4. The van der Waals surface area contributed by atoms with Gasteiger partial charge in [0.05, 0.1) is 28.9 Å². The average molecular weight is 293 g/mol. The zero-order chi connectivity index (χ0) is 14.5. The van der Waals surface area contributed by atoms with Gasteiger partial charge in [0.15, 0.2) is 9.84 Å². The van der Waals surface area contributed by atoms with Gasteiger partial charge in [0, 0.05) is 0 Å². The van der Waals surface area contributed by atoms with E-state index in [4.69, 9.17) is 5.26 Å². The Balaban J connectivity index is 2.64. The summed E-state index contributed by atoms with van der Waals surface area (Å²) in [5.74, 6) is -0.571. The molecule has 0 fully saturated rings. The molecule has 0 amide bonds. The van der Waals surface area contributed by atoms with Gasteiger partial charge in [0.1, 0.15) is 6.61 Å². The van der Waals surface area contributed by atoms with Crippen LogP contribution in [0.4, 0.5) is 13.2 Å². The zero-order valence-electron chi connectivity index (χ0n) is 9.64. The fourth-order valence-electron chi connectivity index (χ4n) is 1.23. The van der Waals surface area contributed by atoms with E-state index in [0.29, 0.717) is 0 Å². The van der Waals surface area contributed by atoms with Crippen molar-refractivity contribution in [2.75, 3.05) is 19.0 Å². The molecule has 0 aliphatic heterocycles. The van der Waals surface area contributed by atoms with E-state index < -0.39 is 35.0 Å². The van der Waals surface area contributed by atoms with Crippen molar-refractivity contribution >= 4 is 9.84 Å². The molecule has 1 aromatic carbocycles. The van der Waals surface area contributed by atoms with Gasteiger partial charge in [-0.2, -0.15) is 18.4 Å². The molecular formula is C11H10F3NO3S.